The fourth-order valence-corrected chi connectivity index (χ4v) is 2.36. The average Bonchev–Trinajstić information content (AvgIpc) is 3.28. The first-order chi connectivity index (χ1) is 10.2. The van der Waals surface area contributed by atoms with E-state index in [0.717, 1.165) is 35.3 Å². The Morgan fingerprint density at radius 1 is 1.19 bits per heavy atom. The van der Waals surface area contributed by atoms with Crippen LogP contribution in [-0.2, 0) is 0 Å². The molecule has 0 spiro atoms. The van der Waals surface area contributed by atoms with Crippen LogP contribution < -0.4 is 10.6 Å². The third kappa shape index (κ3) is 3.45. The van der Waals surface area contributed by atoms with E-state index in [0.29, 0.717) is 10.9 Å². The summed E-state index contributed by atoms with van der Waals surface area (Å²) in [4.78, 5) is 9.22. The number of benzene rings is 1. The highest BCUT2D eigenvalue weighted by molar-refractivity contribution is 6.30. The highest BCUT2D eigenvalue weighted by atomic mass is 35.5. The van der Waals surface area contributed by atoms with E-state index in [2.05, 4.69) is 27.5 Å². The number of anilines is 3. The summed E-state index contributed by atoms with van der Waals surface area (Å²) in [5.74, 6) is 3.13. The van der Waals surface area contributed by atoms with E-state index in [9.17, 15) is 0 Å². The van der Waals surface area contributed by atoms with E-state index in [-0.39, 0.29) is 0 Å². The molecule has 4 nitrogen and oxygen atoms in total. The second-order valence-corrected chi connectivity index (χ2v) is 5.82. The van der Waals surface area contributed by atoms with E-state index in [1.165, 1.54) is 12.8 Å². The summed E-state index contributed by atoms with van der Waals surface area (Å²) in [5.41, 5.74) is 2.11. The molecule has 0 atom stereocenters. The molecule has 21 heavy (non-hydrogen) atoms. The first-order valence-corrected chi connectivity index (χ1v) is 7.69. The second kappa shape index (κ2) is 5.90. The first-order valence-electron chi connectivity index (χ1n) is 7.31. The van der Waals surface area contributed by atoms with Gasteiger partial charge in [-0.1, -0.05) is 17.7 Å². The zero-order chi connectivity index (χ0) is 14.8. The van der Waals surface area contributed by atoms with Crippen LogP contribution in [0.25, 0.3) is 0 Å². The van der Waals surface area contributed by atoms with Crippen LogP contribution in [0.5, 0.6) is 0 Å². The standard InChI is InChI=1S/C16H19ClN4/c1-3-18-14-9-15(21-16(20-14)11-5-6-11)19-13-8-12(17)7-4-10(13)2/h4,7-9,11H,3,5-6H2,1-2H3,(H2,18,19,20,21). The third-order valence-corrected chi connectivity index (χ3v) is 3.74. The van der Waals surface area contributed by atoms with Crippen molar-refractivity contribution in [2.45, 2.75) is 32.6 Å². The van der Waals surface area contributed by atoms with Crippen LogP contribution in [0.3, 0.4) is 0 Å². The average molecular weight is 303 g/mol. The van der Waals surface area contributed by atoms with E-state index in [1.54, 1.807) is 0 Å². The van der Waals surface area contributed by atoms with Gasteiger partial charge in [0.25, 0.3) is 0 Å². The van der Waals surface area contributed by atoms with Crippen molar-refractivity contribution >= 4 is 28.9 Å². The van der Waals surface area contributed by atoms with Crippen molar-refractivity contribution in [2.75, 3.05) is 17.2 Å². The topological polar surface area (TPSA) is 49.8 Å². The number of nitrogens with one attached hydrogen (secondary N) is 2. The summed E-state index contributed by atoms with van der Waals surface area (Å²) < 4.78 is 0. The van der Waals surface area contributed by atoms with Crippen LogP contribution in [0.1, 0.15) is 37.1 Å². The monoisotopic (exact) mass is 302 g/mol. The molecule has 1 aliphatic rings. The Morgan fingerprint density at radius 3 is 2.67 bits per heavy atom. The zero-order valence-electron chi connectivity index (χ0n) is 12.3. The van der Waals surface area contributed by atoms with E-state index in [4.69, 9.17) is 11.6 Å². The van der Waals surface area contributed by atoms with E-state index < -0.39 is 0 Å². The van der Waals surface area contributed by atoms with Crippen LogP contribution in [0, 0.1) is 6.92 Å². The molecule has 2 aromatic rings. The van der Waals surface area contributed by atoms with Gasteiger partial charge in [-0.3, -0.25) is 0 Å². The highest BCUT2D eigenvalue weighted by Crippen LogP contribution is 2.39. The summed E-state index contributed by atoms with van der Waals surface area (Å²) >= 11 is 6.07. The number of nitrogens with zero attached hydrogens (tertiary/aromatic N) is 2. The van der Waals surface area contributed by atoms with Crippen molar-refractivity contribution in [1.29, 1.82) is 0 Å². The Bertz CT molecular complexity index is 653. The van der Waals surface area contributed by atoms with Crippen molar-refractivity contribution in [3.05, 3.63) is 40.7 Å². The molecular formula is C16H19ClN4. The Balaban J connectivity index is 1.91. The van der Waals surface area contributed by atoms with Crippen LogP contribution in [0.2, 0.25) is 5.02 Å². The lowest BCUT2D eigenvalue weighted by Crippen LogP contribution is -2.06. The molecule has 0 aliphatic heterocycles. The molecule has 3 rings (SSSR count). The molecule has 110 valence electrons. The molecule has 1 aromatic carbocycles. The van der Waals surface area contributed by atoms with Crippen LogP contribution in [-0.4, -0.2) is 16.5 Å². The highest BCUT2D eigenvalue weighted by Gasteiger charge is 2.27. The molecule has 0 radical (unpaired) electrons. The van der Waals surface area contributed by atoms with Gasteiger partial charge in [0, 0.05) is 29.2 Å². The molecule has 5 heteroatoms. The van der Waals surface area contributed by atoms with E-state index >= 15 is 0 Å². The van der Waals surface area contributed by atoms with Gasteiger partial charge in [-0.25, -0.2) is 9.97 Å². The number of aromatic nitrogens is 2. The number of rotatable bonds is 5. The Kier molecular flexibility index (Phi) is 3.97. The lowest BCUT2D eigenvalue weighted by molar-refractivity contribution is 0.927. The Hall–Kier alpha value is -1.81. The number of halogens is 1. The molecule has 0 saturated heterocycles. The van der Waals surface area contributed by atoms with Crippen LogP contribution >= 0.6 is 11.6 Å². The van der Waals surface area contributed by atoms with Crippen molar-refractivity contribution in [3.63, 3.8) is 0 Å². The molecule has 1 fully saturated rings. The van der Waals surface area contributed by atoms with Crippen LogP contribution in [0.15, 0.2) is 24.3 Å². The van der Waals surface area contributed by atoms with Gasteiger partial charge in [0.2, 0.25) is 0 Å². The maximum Gasteiger partial charge on any atom is 0.136 e. The minimum atomic E-state index is 0.518. The quantitative estimate of drug-likeness (QED) is 0.854. The Labute approximate surface area is 130 Å². The lowest BCUT2D eigenvalue weighted by atomic mass is 10.2. The maximum atomic E-state index is 6.07. The van der Waals surface area contributed by atoms with Gasteiger partial charge in [0.05, 0.1) is 0 Å². The summed E-state index contributed by atoms with van der Waals surface area (Å²) in [7, 11) is 0. The first kappa shape index (κ1) is 14.1. The fourth-order valence-electron chi connectivity index (χ4n) is 2.19. The normalized spacial score (nSPS) is 14.0. The summed E-state index contributed by atoms with van der Waals surface area (Å²) in [5, 5.41) is 7.34. The minimum Gasteiger partial charge on any atom is -0.370 e. The summed E-state index contributed by atoms with van der Waals surface area (Å²) in [6.45, 7) is 4.96. The fraction of sp³-hybridized carbons (Fsp3) is 0.375. The van der Waals surface area contributed by atoms with Gasteiger partial charge < -0.3 is 10.6 Å². The van der Waals surface area contributed by atoms with Gasteiger partial charge in [-0.05, 0) is 44.4 Å². The summed E-state index contributed by atoms with van der Waals surface area (Å²) in [6.07, 6.45) is 2.37. The molecule has 1 aromatic heterocycles. The molecule has 1 heterocycles. The largest absolute Gasteiger partial charge is 0.370 e. The van der Waals surface area contributed by atoms with Crippen molar-refractivity contribution in [2.24, 2.45) is 0 Å². The maximum absolute atomic E-state index is 6.07. The molecule has 1 aliphatic carbocycles. The number of hydrogen-bond donors (Lipinski definition) is 2. The number of aryl methyl sites for hydroxylation is 1. The Morgan fingerprint density at radius 2 is 1.95 bits per heavy atom. The van der Waals surface area contributed by atoms with Gasteiger partial charge in [0.15, 0.2) is 0 Å². The molecule has 1 saturated carbocycles. The van der Waals surface area contributed by atoms with Gasteiger partial charge >= 0.3 is 0 Å². The molecule has 0 amide bonds. The van der Waals surface area contributed by atoms with Crippen molar-refractivity contribution in [3.8, 4) is 0 Å². The molecule has 0 bridgehead atoms. The zero-order valence-corrected chi connectivity index (χ0v) is 13.0. The van der Waals surface area contributed by atoms with Crippen molar-refractivity contribution < 1.29 is 0 Å². The molecule has 0 unspecified atom stereocenters. The predicted octanol–water partition coefficient (Wildman–Crippen LogP) is 4.49. The third-order valence-electron chi connectivity index (χ3n) is 3.51. The predicted molar refractivity (Wildman–Crippen MR) is 87.6 cm³/mol. The second-order valence-electron chi connectivity index (χ2n) is 5.39. The van der Waals surface area contributed by atoms with Gasteiger partial charge in [0.1, 0.15) is 17.5 Å². The van der Waals surface area contributed by atoms with Gasteiger partial charge in [-0.15, -0.1) is 0 Å². The van der Waals surface area contributed by atoms with Crippen molar-refractivity contribution in [1.82, 2.24) is 9.97 Å². The molecular weight excluding hydrogens is 284 g/mol. The summed E-state index contributed by atoms with van der Waals surface area (Å²) in [6, 6.07) is 7.75. The SMILES string of the molecule is CCNc1cc(Nc2cc(Cl)ccc2C)nc(C2CC2)n1. The number of hydrogen-bond acceptors (Lipinski definition) is 4. The van der Waals surface area contributed by atoms with Gasteiger partial charge in [-0.2, -0.15) is 0 Å². The van der Waals surface area contributed by atoms with E-state index in [1.807, 2.05) is 31.2 Å². The minimum absolute atomic E-state index is 0.518. The smallest absolute Gasteiger partial charge is 0.136 e. The lowest BCUT2D eigenvalue weighted by Gasteiger charge is -2.12. The van der Waals surface area contributed by atoms with Crippen LogP contribution in [0.4, 0.5) is 17.3 Å². The molecule has 2 N–H and O–H groups in total.